The van der Waals surface area contributed by atoms with Crippen LogP contribution in [0.3, 0.4) is 0 Å². The molecular weight excluding hydrogens is 452 g/mol. The number of nitrogens with one attached hydrogen (secondary N) is 1. The van der Waals surface area contributed by atoms with E-state index in [0.29, 0.717) is 0 Å². The zero-order valence-corrected chi connectivity index (χ0v) is 17.3. The number of anilines is 1. The molecule has 0 amide bonds. The third-order valence-electron chi connectivity index (χ3n) is 4.05. The van der Waals surface area contributed by atoms with Crippen molar-refractivity contribution in [3.63, 3.8) is 0 Å². The SMILES string of the molecule is O=S(=O)(Nc1cnc(Oc2cc3ccccc3cn2)c(Cl)c1)c1ccc(Cl)cc1F. The van der Waals surface area contributed by atoms with Gasteiger partial charge in [0.1, 0.15) is 15.7 Å². The number of rotatable bonds is 5. The first kappa shape index (κ1) is 20.3. The van der Waals surface area contributed by atoms with Crippen molar-refractivity contribution in [2.75, 3.05) is 4.72 Å². The summed E-state index contributed by atoms with van der Waals surface area (Å²) in [5.74, 6) is -0.656. The molecule has 0 saturated heterocycles. The van der Waals surface area contributed by atoms with E-state index in [4.69, 9.17) is 27.9 Å². The van der Waals surface area contributed by atoms with Gasteiger partial charge in [-0.05, 0) is 29.7 Å². The van der Waals surface area contributed by atoms with E-state index in [2.05, 4.69) is 14.7 Å². The second-order valence-electron chi connectivity index (χ2n) is 6.16. The van der Waals surface area contributed by atoms with Gasteiger partial charge in [-0.3, -0.25) is 4.72 Å². The number of fused-ring (bicyclic) bond motifs is 1. The molecule has 0 atom stereocenters. The number of halogens is 3. The Balaban J connectivity index is 1.56. The summed E-state index contributed by atoms with van der Waals surface area (Å²) in [7, 11) is -4.21. The molecule has 0 radical (unpaired) electrons. The molecule has 0 aliphatic rings. The third kappa shape index (κ3) is 4.30. The molecule has 0 aliphatic carbocycles. The van der Waals surface area contributed by atoms with Gasteiger partial charge in [0.25, 0.3) is 10.0 Å². The molecule has 2 heterocycles. The number of benzene rings is 2. The first-order valence-electron chi connectivity index (χ1n) is 8.48. The van der Waals surface area contributed by atoms with Gasteiger partial charge in [-0.1, -0.05) is 47.5 Å². The average molecular weight is 464 g/mol. The highest BCUT2D eigenvalue weighted by atomic mass is 35.5. The molecule has 0 unspecified atom stereocenters. The summed E-state index contributed by atoms with van der Waals surface area (Å²) >= 11 is 11.8. The first-order valence-corrected chi connectivity index (χ1v) is 10.7. The Hall–Kier alpha value is -2.94. The lowest BCUT2D eigenvalue weighted by molar-refractivity contribution is 0.446. The monoisotopic (exact) mass is 463 g/mol. The summed E-state index contributed by atoms with van der Waals surface area (Å²) in [6.45, 7) is 0. The maximum absolute atomic E-state index is 14.0. The van der Waals surface area contributed by atoms with Crippen LogP contribution in [-0.4, -0.2) is 18.4 Å². The van der Waals surface area contributed by atoms with E-state index in [1.54, 1.807) is 12.3 Å². The molecule has 30 heavy (non-hydrogen) atoms. The van der Waals surface area contributed by atoms with E-state index < -0.39 is 20.7 Å². The minimum absolute atomic E-state index is 0.0353. The van der Waals surface area contributed by atoms with Crippen molar-refractivity contribution < 1.29 is 17.5 Å². The highest BCUT2D eigenvalue weighted by Crippen LogP contribution is 2.30. The van der Waals surface area contributed by atoms with Gasteiger partial charge in [-0.25, -0.2) is 22.8 Å². The minimum atomic E-state index is -4.21. The predicted octanol–water partition coefficient (Wildman–Crippen LogP) is 5.67. The number of hydrogen-bond donors (Lipinski definition) is 1. The second kappa shape index (κ2) is 8.06. The van der Waals surface area contributed by atoms with Crippen LogP contribution >= 0.6 is 23.2 Å². The van der Waals surface area contributed by atoms with Crippen LogP contribution < -0.4 is 9.46 Å². The highest BCUT2D eigenvalue weighted by Gasteiger charge is 2.20. The van der Waals surface area contributed by atoms with E-state index >= 15 is 0 Å². The van der Waals surface area contributed by atoms with Crippen molar-refractivity contribution in [1.82, 2.24) is 9.97 Å². The van der Waals surface area contributed by atoms with Crippen LogP contribution in [0.1, 0.15) is 0 Å². The molecule has 4 rings (SSSR count). The fourth-order valence-corrected chi connectivity index (χ4v) is 4.14. The van der Waals surface area contributed by atoms with Crippen molar-refractivity contribution in [1.29, 1.82) is 0 Å². The molecule has 10 heteroatoms. The Kier molecular flexibility index (Phi) is 5.46. The summed E-state index contributed by atoms with van der Waals surface area (Å²) in [6, 6.07) is 13.9. The molecular formula is C20H12Cl2FN3O3S. The van der Waals surface area contributed by atoms with Crippen molar-refractivity contribution in [3.05, 3.63) is 82.9 Å². The molecule has 6 nitrogen and oxygen atoms in total. The lowest BCUT2D eigenvalue weighted by Gasteiger charge is -2.11. The number of pyridine rings is 2. The molecule has 2 aromatic heterocycles. The Morgan fingerprint density at radius 1 is 0.933 bits per heavy atom. The lowest BCUT2D eigenvalue weighted by Crippen LogP contribution is -2.14. The molecule has 2 aromatic carbocycles. The molecule has 0 fully saturated rings. The minimum Gasteiger partial charge on any atom is -0.419 e. The summed E-state index contributed by atoms with van der Waals surface area (Å²) in [5, 5.41) is 2.00. The smallest absolute Gasteiger partial charge is 0.264 e. The summed E-state index contributed by atoms with van der Waals surface area (Å²) < 4.78 is 46.7. The van der Waals surface area contributed by atoms with Gasteiger partial charge in [0.2, 0.25) is 11.8 Å². The first-order chi connectivity index (χ1) is 14.3. The summed E-state index contributed by atoms with van der Waals surface area (Å²) in [5.41, 5.74) is 0.0353. The van der Waals surface area contributed by atoms with Gasteiger partial charge in [0, 0.05) is 22.7 Å². The number of sulfonamides is 1. The van der Waals surface area contributed by atoms with Crippen LogP contribution in [0.4, 0.5) is 10.1 Å². The van der Waals surface area contributed by atoms with Gasteiger partial charge in [0.05, 0.1) is 11.9 Å². The van der Waals surface area contributed by atoms with E-state index in [1.807, 2.05) is 24.3 Å². The largest absolute Gasteiger partial charge is 0.419 e. The maximum atomic E-state index is 14.0. The zero-order chi connectivity index (χ0) is 21.3. The normalized spacial score (nSPS) is 11.4. The van der Waals surface area contributed by atoms with Gasteiger partial charge < -0.3 is 4.74 Å². The second-order valence-corrected chi connectivity index (χ2v) is 8.66. The average Bonchev–Trinajstić information content (AvgIpc) is 2.69. The van der Waals surface area contributed by atoms with Gasteiger partial charge in [0.15, 0.2) is 0 Å². The molecule has 1 N–H and O–H groups in total. The van der Waals surface area contributed by atoms with E-state index in [1.165, 1.54) is 18.3 Å². The molecule has 4 aromatic rings. The quantitative estimate of drug-likeness (QED) is 0.412. The number of ether oxygens (including phenoxy) is 1. The van der Waals surface area contributed by atoms with E-state index in [0.717, 1.165) is 22.9 Å². The highest BCUT2D eigenvalue weighted by molar-refractivity contribution is 7.92. The van der Waals surface area contributed by atoms with Crippen LogP contribution in [0.5, 0.6) is 11.8 Å². The topological polar surface area (TPSA) is 81.2 Å². The third-order valence-corrected chi connectivity index (χ3v) is 5.97. The number of aromatic nitrogens is 2. The number of hydrogen-bond acceptors (Lipinski definition) is 5. The van der Waals surface area contributed by atoms with Crippen molar-refractivity contribution in [3.8, 4) is 11.8 Å². The van der Waals surface area contributed by atoms with E-state index in [-0.39, 0.29) is 27.5 Å². The van der Waals surface area contributed by atoms with Crippen molar-refractivity contribution in [2.24, 2.45) is 0 Å². The summed E-state index contributed by atoms with van der Waals surface area (Å²) in [4.78, 5) is 7.68. The van der Waals surface area contributed by atoms with E-state index in [9.17, 15) is 12.8 Å². The standard InChI is InChI=1S/C20H12Cl2FN3O3S/c21-14-5-6-18(17(23)8-14)30(27,28)26-15-9-16(22)20(25-11-15)29-19-7-12-3-1-2-4-13(12)10-24-19/h1-11,26H. The van der Waals surface area contributed by atoms with Crippen LogP contribution in [0.2, 0.25) is 10.0 Å². The van der Waals surface area contributed by atoms with Gasteiger partial charge >= 0.3 is 0 Å². The molecule has 152 valence electrons. The predicted molar refractivity (Wildman–Crippen MR) is 113 cm³/mol. The lowest BCUT2D eigenvalue weighted by atomic mass is 10.2. The number of nitrogens with zero attached hydrogens (tertiary/aromatic N) is 2. The van der Waals surface area contributed by atoms with Gasteiger partial charge in [-0.15, -0.1) is 0 Å². The van der Waals surface area contributed by atoms with Crippen LogP contribution in [-0.2, 0) is 10.0 Å². The van der Waals surface area contributed by atoms with Crippen molar-refractivity contribution in [2.45, 2.75) is 4.90 Å². The Labute approximate surface area is 181 Å². The molecule has 0 bridgehead atoms. The maximum Gasteiger partial charge on any atom is 0.264 e. The van der Waals surface area contributed by atoms with Crippen LogP contribution in [0, 0.1) is 5.82 Å². The molecule has 0 saturated carbocycles. The van der Waals surface area contributed by atoms with Crippen molar-refractivity contribution >= 4 is 49.7 Å². The van der Waals surface area contributed by atoms with Crippen LogP contribution in [0.15, 0.2) is 71.9 Å². The molecule has 0 aliphatic heterocycles. The Bertz CT molecular complexity index is 1370. The van der Waals surface area contributed by atoms with Gasteiger partial charge in [-0.2, -0.15) is 0 Å². The molecule has 0 spiro atoms. The van der Waals surface area contributed by atoms with Crippen LogP contribution in [0.25, 0.3) is 10.8 Å². The summed E-state index contributed by atoms with van der Waals surface area (Å²) in [6.07, 6.45) is 2.86. The Morgan fingerprint density at radius 2 is 1.70 bits per heavy atom. The Morgan fingerprint density at radius 3 is 2.43 bits per heavy atom. The zero-order valence-electron chi connectivity index (χ0n) is 15.0. The fraction of sp³-hybridized carbons (Fsp3) is 0. The fourth-order valence-electron chi connectivity index (χ4n) is 2.68.